The number of rotatable bonds is 4. The zero-order chi connectivity index (χ0) is 12.8. The molecule has 0 spiro atoms. The first kappa shape index (κ1) is 17.5. The Labute approximate surface area is 116 Å². The van der Waals surface area contributed by atoms with Crippen LogP contribution in [-0.4, -0.2) is 80.3 Å². The monoisotopic (exact) mass is 279 g/mol. The van der Waals surface area contributed by atoms with E-state index in [1.807, 2.05) is 13.8 Å². The maximum atomic E-state index is 11.7. The number of halogens is 1. The first-order chi connectivity index (χ1) is 7.99. The second kappa shape index (κ2) is 8.56. The standard InChI is InChI=1S/C12H25N3O2.ClH/c1-11(2)17-12(16)15-9-7-14(8-10-15)6-5-13(3)4;/h11H,5-10H2,1-4H3;1H. The Morgan fingerprint density at radius 3 is 2.22 bits per heavy atom. The van der Waals surface area contributed by atoms with Crippen molar-refractivity contribution in [1.82, 2.24) is 14.7 Å². The van der Waals surface area contributed by atoms with E-state index in [1.165, 1.54) is 0 Å². The molecule has 5 nitrogen and oxygen atoms in total. The molecule has 1 aliphatic heterocycles. The van der Waals surface area contributed by atoms with Gasteiger partial charge in [0.1, 0.15) is 0 Å². The highest BCUT2D eigenvalue weighted by molar-refractivity contribution is 5.85. The highest BCUT2D eigenvalue weighted by Gasteiger charge is 2.22. The van der Waals surface area contributed by atoms with Gasteiger partial charge >= 0.3 is 6.09 Å². The molecular formula is C12H26ClN3O2. The van der Waals surface area contributed by atoms with Gasteiger partial charge in [0.25, 0.3) is 0 Å². The summed E-state index contributed by atoms with van der Waals surface area (Å²) in [5.41, 5.74) is 0. The molecule has 0 atom stereocenters. The normalized spacial score (nSPS) is 16.9. The number of hydrogen-bond donors (Lipinski definition) is 0. The van der Waals surface area contributed by atoms with Crippen molar-refractivity contribution in [2.75, 3.05) is 53.4 Å². The third-order valence-electron chi connectivity index (χ3n) is 2.83. The quantitative estimate of drug-likeness (QED) is 0.773. The maximum Gasteiger partial charge on any atom is 0.410 e. The zero-order valence-corrected chi connectivity index (χ0v) is 12.7. The fourth-order valence-corrected chi connectivity index (χ4v) is 1.77. The Kier molecular flexibility index (Phi) is 8.31. The first-order valence-electron chi connectivity index (χ1n) is 6.31. The van der Waals surface area contributed by atoms with Gasteiger partial charge < -0.3 is 14.5 Å². The average molecular weight is 280 g/mol. The van der Waals surface area contributed by atoms with E-state index in [2.05, 4.69) is 23.9 Å². The molecule has 1 amide bonds. The molecule has 0 unspecified atom stereocenters. The molecule has 108 valence electrons. The van der Waals surface area contributed by atoms with Gasteiger partial charge in [-0.3, -0.25) is 4.90 Å². The number of nitrogens with zero attached hydrogens (tertiary/aromatic N) is 3. The number of piperazine rings is 1. The van der Waals surface area contributed by atoms with Gasteiger partial charge in [-0.1, -0.05) is 0 Å². The first-order valence-corrected chi connectivity index (χ1v) is 6.31. The Hall–Kier alpha value is -0.520. The zero-order valence-electron chi connectivity index (χ0n) is 11.9. The molecule has 0 radical (unpaired) electrons. The summed E-state index contributed by atoms with van der Waals surface area (Å²) in [6.45, 7) is 9.34. The van der Waals surface area contributed by atoms with Crippen LogP contribution in [0.2, 0.25) is 0 Å². The lowest BCUT2D eigenvalue weighted by atomic mass is 10.3. The Balaban J connectivity index is 0.00000289. The number of hydrogen-bond acceptors (Lipinski definition) is 4. The molecule has 0 saturated carbocycles. The number of likely N-dealkylation sites (N-methyl/N-ethyl adjacent to an activating group) is 1. The van der Waals surface area contributed by atoms with Crippen molar-refractivity contribution >= 4 is 18.5 Å². The molecule has 18 heavy (non-hydrogen) atoms. The van der Waals surface area contributed by atoms with Crippen molar-refractivity contribution in [3.8, 4) is 0 Å². The molecule has 1 fully saturated rings. The Morgan fingerprint density at radius 2 is 1.78 bits per heavy atom. The smallest absolute Gasteiger partial charge is 0.410 e. The van der Waals surface area contributed by atoms with E-state index in [-0.39, 0.29) is 24.6 Å². The van der Waals surface area contributed by atoms with Crippen LogP contribution in [0, 0.1) is 0 Å². The van der Waals surface area contributed by atoms with Crippen LogP contribution >= 0.6 is 12.4 Å². The van der Waals surface area contributed by atoms with E-state index >= 15 is 0 Å². The van der Waals surface area contributed by atoms with Crippen molar-refractivity contribution in [3.63, 3.8) is 0 Å². The molecule has 0 aliphatic carbocycles. The molecule has 0 bridgehead atoms. The molecule has 1 heterocycles. The van der Waals surface area contributed by atoms with Gasteiger partial charge in [-0.15, -0.1) is 12.4 Å². The summed E-state index contributed by atoms with van der Waals surface area (Å²) in [5, 5.41) is 0. The summed E-state index contributed by atoms with van der Waals surface area (Å²) >= 11 is 0. The van der Waals surface area contributed by atoms with E-state index < -0.39 is 0 Å². The molecule has 1 saturated heterocycles. The summed E-state index contributed by atoms with van der Waals surface area (Å²) in [7, 11) is 4.16. The predicted molar refractivity (Wildman–Crippen MR) is 75.4 cm³/mol. The van der Waals surface area contributed by atoms with E-state index in [0.717, 1.165) is 39.3 Å². The molecule has 0 N–H and O–H groups in total. The lowest BCUT2D eigenvalue weighted by Crippen LogP contribution is -2.50. The van der Waals surface area contributed by atoms with E-state index in [9.17, 15) is 4.79 Å². The van der Waals surface area contributed by atoms with Crippen LogP contribution in [0.1, 0.15) is 13.8 Å². The van der Waals surface area contributed by atoms with Gasteiger partial charge in [-0.05, 0) is 27.9 Å². The predicted octanol–water partition coefficient (Wildman–Crippen LogP) is 1.13. The Bertz CT molecular complexity index is 241. The summed E-state index contributed by atoms with van der Waals surface area (Å²) in [6.07, 6.45) is -0.207. The van der Waals surface area contributed by atoms with Crippen molar-refractivity contribution in [2.45, 2.75) is 20.0 Å². The van der Waals surface area contributed by atoms with E-state index in [4.69, 9.17) is 4.74 Å². The summed E-state index contributed by atoms with van der Waals surface area (Å²) < 4.78 is 5.18. The van der Waals surface area contributed by atoms with Crippen LogP contribution in [0.15, 0.2) is 0 Å². The van der Waals surface area contributed by atoms with Crippen molar-refractivity contribution in [1.29, 1.82) is 0 Å². The SMILES string of the molecule is CC(C)OC(=O)N1CCN(CCN(C)C)CC1.Cl. The molecule has 1 aliphatic rings. The van der Waals surface area contributed by atoms with Crippen LogP contribution in [0.4, 0.5) is 4.79 Å². The van der Waals surface area contributed by atoms with Crippen molar-refractivity contribution in [3.05, 3.63) is 0 Å². The number of ether oxygens (including phenoxy) is 1. The minimum absolute atomic E-state index is 0. The van der Waals surface area contributed by atoms with Crippen molar-refractivity contribution in [2.24, 2.45) is 0 Å². The van der Waals surface area contributed by atoms with Gasteiger partial charge in [0.05, 0.1) is 6.10 Å². The van der Waals surface area contributed by atoms with Gasteiger partial charge in [-0.25, -0.2) is 4.79 Å². The molecule has 0 aromatic carbocycles. The topological polar surface area (TPSA) is 36.0 Å². The van der Waals surface area contributed by atoms with Crippen LogP contribution in [-0.2, 0) is 4.74 Å². The molecule has 6 heteroatoms. The maximum absolute atomic E-state index is 11.7. The van der Waals surface area contributed by atoms with Gasteiger partial charge in [-0.2, -0.15) is 0 Å². The van der Waals surface area contributed by atoms with Gasteiger partial charge in [0, 0.05) is 39.3 Å². The summed E-state index contributed by atoms with van der Waals surface area (Å²) in [4.78, 5) is 18.0. The number of amides is 1. The van der Waals surface area contributed by atoms with Crippen LogP contribution in [0.5, 0.6) is 0 Å². The van der Waals surface area contributed by atoms with E-state index in [1.54, 1.807) is 4.90 Å². The molecule has 0 aromatic rings. The molecule has 1 rings (SSSR count). The molecular weight excluding hydrogens is 254 g/mol. The lowest BCUT2D eigenvalue weighted by molar-refractivity contribution is 0.0562. The summed E-state index contributed by atoms with van der Waals surface area (Å²) in [5.74, 6) is 0. The summed E-state index contributed by atoms with van der Waals surface area (Å²) in [6, 6.07) is 0. The van der Waals surface area contributed by atoms with Gasteiger partial charge in [0.15, 0.2) is 0 Å². The van der Waals surface area contributed by atoms with Crippen LogP contribution in [0.3, 0.4) is 0 Å². The third-order valence-corrected chi connectivity index (χ3v) is 2.83. The average Bonchev–Trinajstić information content (AvgIpc) is 2.26. The Morgan fingerprint density at radius 1 is 1.22 bits per heavy atom. The minimum atomic E-state index is -0.174. The third kappa shape index (κ3) is 6.42. The minimum Gasteiger partial charge on any atom is -0.447 e. The highest BCUT2D eigenvalue weighted by Crippen LogP contribution is 2.05. The highest BCUT2D eigenvalue weighted by atomic mass is 35.5. The number of carbonyl (C=O) groups is 1. The molecule has 0 aromatic heterocycles. The second-order valence-electron chi connectivity index (χ2n) is 5.06. The second-order valence-corrected chi connectivity index (χ2v) is 5.06. The largest absolute Gasteiger partial charge is 0.447 e. The lowest BCUT2D eigenvalue weighted by Gasteiger charge is -2.34. The van der Waals surface area contributed by atoms with Gasteiger partial charge in [0.2, 0.25) is 0 Å². The fourth-order valence-electron chi connectivity index (χ4n) is 1.77. The van der Waals surface area contributed by atoms with E-state index in [0.29, 0.717) is 0 Å². The number of carbonyl (C=O) groups excluding carboxylic acids is 1. The van der Waals surface area contributed by atoms with Crippen LogP contribution in [0.25, 0.3) is 0 Å². The van der Waals surface area contributed by atoms with Crippen molar-refractivity contribution < 1.29 is 9.53 Å². The van der Waals surface area contributed by atoms with Crippen LogP contribution < -0.4 is 0 Å². The fraction of sp³-hybridized carbons (Fsp3) is 0.917.